The van der Waals surface area contributed by atoms with Crippen LogP contribution in [0.3, 0.4) is 0 Å². The lowest BCUT2D eigenvalue weighted by molar-refractivity contribution is -0.140. The Bertz CT molecular complexity index is 506. The molecular weight excluding hydrogens is 307 g/mol. The maximum absolute atomic E-state index is 12.4. The number of aliphatic hydroxyl groups is 1. The minimum atomic E-state index is -4.47. The van der Waals surface area contributed by atoms with Crippen LogP contribution in [-0.2, 0) is 12.7 Å². The van der Waals surface area contributed by atoms with Crippen molar-refractivity contribution in [3.8, 4) is 0 Å². The van der Waals surface area contributed by atoms with Gasteiger partial charge in [-0.15, -0.1) is 11.3 Å². The number of nitrogens with zero attached hydrogens (tertiary/aromatic N) is 2. The number of halogens is 3. The molecule has 0 radical (unpaired) electrons. The van der Waals surface area contributed by atoms with Crippen molar-refractivity contribution in [1.29, 1.82) is 0 Å². The molecule has 0 bridgehead atoms. The fourth-order valence-corrected chi connectivity index (χ4v) is 2.76. The summed E-state index contributed by atoms with van der Waals surface area (Å²) >= 11 is 0.852. The van der Waals surface area contributed by atoms with Crippen LogP contribution in [0.15, 0.2) is 5.38 Å². The number of hydrogen-bond acceptors (Lipinski definition) is 4. The van der Waals surface area contributed by atoms with Gasteiger partial charge in [-0.05, 0) is 12.3 Å². The Hall–Kier alpha value is -1.35. The molecule has 2 unspecified atom stereocenters. The number of rotatable bonds is 2. The molecule has 2 rings (SSSR count). The average molecular weight is 323 g/mol. The highest BCUT2D eigenvalue weighted by atomic mass is 32.1. The van der Waals surface area contributed by atoms with Gasteiger partial charge in [0.1, 0.15) is 5.01 Å². The number of piperidine rings is 1. The maximum Gasteiger partial charge on any atom is 0.434 e. The summed E-state index contributed by atoms with van der Waals surface area (Å²) in [7, 11) is 0. The number of urea groups is 1. The lowest BCUT2D eigenvalue weighted by Gasteiger charge is -2.34. The number of aromatic nitrogens is 1. The number of thiazole rings is 1. The van der Waals surface area contributed by atoms with Gasteiger partial charge in [0.2, 0.25) is 0 Å². The SMILES string of the molecule is CC1CCN(C(=O)NCc2nc(C(F)(F)F)cs2)CC1O. The number of aliphatic hydroxyl groups excluding tert-OH is 1. The van der Waals surface area contributed by atoms with Crippen LogP contribution in [0.2, 0.25) is 0 Å². The molecule has 2 N–H and O–H groups in total. The second-order valence-electron chi connectivity index (χ2n) is 5.06. The molecule has 1 aliphatic heterocycles. The van der Waals surface area contributed by atoms with Crippen molar-refractivity contribution in [2.45, 2.75) is 32.2 Å². The van der Waals surface area contributed by atoms with Crippen LogP contribution in [0.5, 0.6) is 0 Å². The van der Waals surface area contributed by atoms with Crippen molar-refractivity contribution in [3.63, 3.8) is 0 Å². The molecule has 1 aromatic heterocycles. The summed E-state index contributed by atoms with van der Waals surface area (Å²) in [6.45, 7) is 2.62. The second-order valence-corrected chi connectivity index (χ2v) is 6.00. The van der Waals surface area contributed by atoms with Crippen LogP contribution in [0.25, 0.3) is 0 Å². The number of carbonyl (C=O) groups is 1. The fraction of sp³-hybridized carbons (Fsp3) is 0.667. The molecule has 118 valence electrons. The molecule has 1 saturated heterocycles. The Morgan fingerprint density at radius 1 is 1.62 bits per heavy atom. The molecule has 2 heterocycles. The Morgan fingerprint density at radius 2 is 2.33 bits per heavy atom. The zero-order valence-electron chi connectivity index (χ0n) is 11.4. The highest BCUT2D eigenvalue weighted by molar-refractivity contribution is 7.09. The van der Waals surface area contributed by atoms with E-state index in [0.29, 0.717) is 13.0 Å². The van der Waals surface area contributed by atoms with E-state index in [0.717, 1.165) is 16.7 Å². The van der Waals surface area contributed by atoms with Gasteiger partial charge >= 0.3 is 12.2 Å². The molecule has 2 atom stereocenters. The van der Waals surface area contributed by atoms with Crippen LogP contribution in [0.4, 0.5) is 18.0 Å². The summed E-state index contributed by atoms with van der Waals surface area (Å²) in [6, 6.07) is -0.398. The molecule has 1 fully saturated rings. The standard InChI is InChI=1S/C12H16F3N3O2S/c1-7-2-3-18(5-8(7)19)11(20)16-4-10-17-9(6-21-10)12(13,14)15/h6-8,19H,2-5H2,1H3,(H,16,20). The van der Waals surface area contributed by atoms with Gasteiger partial charge in [-0.25, -0.2) is 9.78 Å². The second kappa shape index (κ2) is 6.18. The largest absolute Gasteiger partial charge is 0.434 e. The van der Waals surface area contributed by atoms with Crippen molar-refractivity contribution >= 4 is 17.4 Å². The van der Waals surface area contributed by atoms with E-state index in [9.17, 15) is 23.1 Å². The van der Waals surface area contributed by atoms with Crippen molar-refractivity contribution in [3.05, 3.63) is 16.1 Å². The number of amides is 2. The molecular formula is C12H16F3N3O2S. The number of likely N-dealkylation sites (tertiary alicyclic amines) is 1. The lowest BCUT2D eigenvalue weighted by atomic mass is 9.96. The summed E-state index contributed by atoms with van der Waals surface area (Å²) in [5, 5.41) is 13.4. The van der Waals surface area contributed by atoms with Crippen molar-refractivity contribution in [2.75, 3.05) is 13.1 Å². The van der Waals surface area contributed by atoms with E-state index in [2.05, 4.69) is 10.3 Å². The molecule has 2 amide bonds. The maximum atomic E-state index is 12.4. The molecule has 0 saturated carbocycles. The molecule has 9 heteroatoms. The number of hydrogen-bond donors (Lipinski definition) is 2. The summed E-state index contributed by atoms with van der Waals surface area (Å²) in [4.78, 5) is 16.8. The molecule has 0 aromatic carbocycles. The smallest absolute Gasteiger partial charge is 0.391 e. The molecule has 0 spiro atoms. The van der Waals surface area contributed by atoms with Gasteiger partial charge in [0.05, 0.1) is 12.6 Å². The molecule has 21 heavy (non-hydrogen) atoms. The fourth-order valence-electron chi connectivity index (χ4n) is 2.02. The molecule has 1 aromatic rings. The van der Waals surface area contributed by atoms with Gasteiger partial charge in [0.15, 0.2) is 5.69 Å². The highest BCUT2D eigenvalue weighted by Gasteiger charge is 2.33. The average Bonchev–Trinajstić information content (AvgIpc) is 2.88. The Labute approximate surface area is 123 Å². The zero-order chi connectivity index (χ0) is 15.6. The third kappa shape index (κ3) is 4.07. The van der Waals surface area contributed by atoms with E-state index >= 15 is 0 Å². The highest BCUT2D eigenvalue weighted by Crippen LogP contribution is 2.29. The van der Waals surface area contributed by atoms with E-state index < -0.39 is 24.0 Å². The van der Waals surface area contributed by atoms with Gasteiger partial charge in [0, 0.05) is 18.5 Å². The van der Waals surface area contributed by atoms with Crippen LogP contribution in [0.1, 0.15) is 24.0 Å². The predicted octanol–water partition coefficient (Wildman–Crippen LogP) is 2.07. The van der Waals surface area contributed by atoms with Crippen molar-refractivity contribution < 1.29 is 23.1 Å². The van der Waals surface area contributed by atoms with Gasteiger partial charge in [-0.2, -0.15) is 13.2 Å². The first-order chi connectivity index (χ1) is 9.77. The first-order valence-corrected chi connectivity index (χ1v) is 7.37. The normalized spacial score (nSPS) is 23.2. The Morgan fingerprint density at radius 3 is 2.90 bits per heavy atom. The predicted molar refractivity (Wildman–Crippen MR) is 70.7 cm³/mol. The topological polar surface area (TPSA) is 65.5 Å². The molecule has 5 nitrogen and oxygen atoms in total. The quantitative estimate of drug-likeness (QED) is 0.876. The van der Waals surface area contributed by atoms with Gasteiger partial charge in [-0.1, -0.05) is 6.92 Å². The lowest BCUT2D eigenvalue weighted by Crippen LogP contribution is -2.49. The van der Waals surface area contributed by atoms with Crippen LogP contribution in [0, 0.1) is 5.92 Å². The summed E-state index contributed by atoms with van der Waals surface area (Å²) in [6.07, 6.45) is -4.34. The summed E-state index contributed by atoms with van der Waals surface area (Å²) in [5.41, 5.74) is -0.945. The summed E-state index contributed by atoms with van der Waals surface area (Å²) < 4.78 is 37.2. The van der Waals surface area contributed by atoms with Crippen LogP contribution in [-0.4, -0.2) is 40.2 Å². The van der Waals surface area contributed by atoms with E-state index in [4.69, 9.17) is 0 Å². The zero-order valence-corrected chi connectivity index (χ0v) is 12.2. The van der Waals surface area contributed by atoms with Crippen molar-refractivity contribution in [2.24, 2.45) is 5.92 Å². The number of alkyl halides is 3. The minimum absolute atomic E-state index is 0.0538. The van der Waals surface area contributed by atoms with E-state index in [1.54, 1.807) is 0 Å². The van der Waals surface area contributed by atoms with Crippen LogP contribution >= 0.6 is 11.3 Å². The third-order valence-electron chi connectivity index (χ3n) is 3.44. The van der Waals surface area contributed by atoms with Crippen molar-refractivity contribution in [1.82, 2.24) is 15.2 Å². The first-order valence-electron chi connectivity index (χ1n) is 6.50. The van der Waals surface area contributed by atoms with E-state index in [-0.39, 0.29) is 24.0 Å². The minimum Gasteiger partial charge on any atom is -0.391 e. The Kier molecular flexibility index (Phi) is 4.72. The third-order valence-corrected chi connectivity index (χ3v) is 4.29. The summed E-state index contributed by atoms with van der Waals surface area (Å²) in [5.74, 6) is 0.141. The van der Waals surface area contributed by atoms with Gasteiger partial charge < -0.3 is 15.3 Å². The molecule has 1 aliphatic rings. The first kappa shape index (κ1) is 16.0. The van der Waals surface area contributed by atoms with E-state index in [1.165, 1.54) is 4.90 Å². The molecule has 0 aliphatic carbocycles. The van der Waals surface area contributed by atoms with Gasteiger partial charge in [0.25, 0.3) is 0 Å². The number of β-amino-alcohol motifs (C(OH)–C–C–N with tert-alkyl or cyclic N) is 1. The number of nitrogens with one attached hydrogen (secondary N) is 1. The van der Waals surface area contributed by atoms with E-state index in [1.807, 2.05) is 6.92 Å². The number of carbonyl (C=O) groups excluding carboxylic acids is 1. The van der Waals surface area contributed by atoms with Gasteiger partial charge in [-0.3, -0.25) is 0 Å². The monoisotopic (exact) mass is 323 g/mol. The Balaban J connectivity index is 1.85. The van der Waals surface area contributed by atoms with Crippen LogP contribution < -0.4 is 5.32 Å².